The first kappa shape index (κ1) is 22.1. The summed E-state index contributed by atoms with van der Waals surface area (Å²) < 4.78 is 22.9. The zero-order chi connectivity index (χ0) is 23.3. The number of nitrogens with one attached hydrogen (secondary N) is 1. The van der Waals surface area contributed by atoms with Crippen molar-refractivity contribution in [3.05, 3.63) is 82.9 Å². The fraction of sp³-hybridized carbons (Fsp3) is 0.321. The minimum atomic E-state index is -0.193. The molecule has 1 atom stereocenters. The Bertz CT molecular complexity index is 1160. The standard InChI is InChI=1S/C28H29NO5/c1-2-20-16-26-27(34-15-14-33-26)18-22(20)28(30)29-23(10-8-19-6-4-3-5-7-19)21-9-11-24-25(17-21)32-13-12-31-24/h3-7,9,11,16-18,23H,2,8,10,12-15H2,1H3,(H,29,30). The van der Waals surface area contributed by atoms with E-state index in [2.05, 4.69) is 17.4 Å². The largest absolute Gasteiger partial charge is 0.486 e. The molecule has 0 fully saturated rings. The zero-order valence-corrected chi connectivity index (χ0v) is 19.3. The van der Waals surface area contributed by atoms with E-state index in [-0.39, 0.29) is 11.9 Å². The Hall–Kier alpha value is -3.67. The minimum Gasteiger partial charge on any atom is -0.486 e. The quantitative estimate of drug-likeness (QED) is 0.545. The predicted molar refractivity (Wildman–Crippen MR) is 129 cm³/mol. The van der Waals surface area contributed by atoms with Gasteiger partial charge in [-0.25, -0.2) is 0 Å². The van der Waals surface area contributed by atoms with Crippen LogP contribution in [0.3, 0.4) is 0 Å². The van der Waals surface area contributed by atoms with Crippen LogP contribution in [0, 0.1) is 0 Å². The van der Waals surface area contributed by atoms with E-state index >= 15 is 0 Å². The van der Waals surface area contributed by atoms with Crippen molar-refractivity contribution < 1.29 is 23.7 Å². The van der Waals surface area contributed by atoms with E-state index in [0.29, 0.717) is 43.5 Å². The molecular weight excluding hydrogens is 430 g/mol. The number of benzene rings is 3. The predicted octanol–water partition coefficient (Wildman–Crippen LogP) is 4.90. The molecule has 0 saturated heterocycles. The molecule has 3 aromatic rings. The molecule has 176 valence electrons. The fourth-order valence-corrected chi connectivity index (χ4v) is 4.43. The molecule has 0 bridgehead atoms. The van der Waals surface area contributed by atoms with Crippen LogP contribution in [-0.4, -0.2) is 32.3 Å². The molecule has 1 amide bonds. The number of amides is 1. The van der Waals surface area contributed by atoms with Crippen molar-refractivity contribution in [2.45, 2.75) is 32.2 Å². The van der Waals surface area contributed by atoms with Crippen LogP contribution in [-0.2, 0) is 12.8 Å². The SMILES string of the molecule is CCc1cc2c(cc1C(=O)NC(CCc1ccccc1)c1ccc3c(c1)OCCO3)OCCO2. The van der Waals surface area contributed by atoms with Crippen LogP contribution in [0.1, 0.15) is 46.4 Å². The summed E-state index contributed by atoms with van der Waals surface area (Å²) in [4.78, 5) is 13.5. The third kappa shape index (κ3) is 4.81. The highest BCUT2D eigenvalue weighted by atomic mass is 16.6. The summed E-state index contributed by atoms with van der Waals surface area (Å²) >= 11 is 0. The molecule has 2 aliphatic rings. The zero-order valence-electron chi connectivity index (χ0n) is 19.3. The lowest BCUT2D eigenvalue weighted by Gasteiger charge is -2.24. The Kier molecular flexibility index (Phi) is 6.56. The van der Waals surface area contributed by atoms with Gasteiger partial charge in [0.25, 0.3) is 5.91 Å². The van der Waals surface area contributed by atoms with Crippen LogP contribution in [0.25, 0.3) is 0 Å². The van der Waals surface area contributed by atoms with Crippen LogP contribution < -0.4 is 24.3 Å². The maximum atomic E-state index is 13.5. The second kappa shape index (κ2) is 10.1. The lowest BCUT2D eigenvalue weighted by molar-refractivity contribution is 0.0932. The van der Waals surface area contributed by atoms with Gasteiger partial charge in [0, 0.05) is 5.56 Å². The number of carbonyl (C=O) groups excluding carboxylic acids is 1. The molecule has 6 heteroatoms. The Morgan fingerprint density at radius 3 is 2.18 bits per heavy atom. The summed E-state index contributed by atoms with van der Waals surface area (Å²) in [5, 5.41) is 3.28. The first-order valence-corrected chi connectivity index (χ1v) is 11.9. The molecule has 0 radical (unpaired) electrons. The summed E-state index contributed by atoms with van der Waals surface area (Å²) in [5.74, 6) is 2.65. The number of fused-ring (bicyclic) bond motifs is 2. The number of hydrogen-bond acceptors (Lipinski definition) is 5. The van der Waals surface area contributed by atoms with E-state index in [1.165, 1.54) is 5.56 Å². The van der Waals surface area contributed by atoms with Crippen molar-refractivity contribution in [3.63, 3.8) is 0 Å². The number of rotatable bonds is 7. The second-order valence-electron chi connectivity index (χ2n) is 8.46. The smallest absolute Gasteiger partial charge is 0.252 e. The average molecular weight is 460 g/mol. The van der Waals surface area contributed by atoms with Gasteiger partial charge in [-0.15, -0.1) is 0 Å². The molecule has 6 nitrogen and oxygen atoms in total. The lowest BCUT2D eigenvalue weighted by atomic mass is 9.97. The summed E-state index contributed by atoms with van der Waals surface area (Å²) in [6.07, 6.45) is 2.31. The van der Waals surface area contributed by atoms with Gasteiger partial charge in [0.1, 0.15) is 26.4 Å². The molecule has 0 aliphatic carbocycles. The summed E-state index contributed by atoms with van der Waals surface area (Å²) in [7, 11) is 0. The molecule has 2 aliphatic heterocycles. The second-order valence-corrected chi connectivity index (χ2v) is 8.46. The van der Waals surface area contributed by atoms with E-state index in [1.807, 2.05) is 49.4 Å². The molecule has 0 saturated carbocycles. The molecule has 1 unspecified atom stereocenters. The maximum absolute atomic E-state index is 13.5. The number of carbonyl (C=O) groups is 1. The number of hydrogen-bond donors (Lipinski definition) is 1. The molecule has 2 heterocycles. The summed E-state index contributed by atoms with van der Waals surface area (Å²) in [6, 6.07) is 19.8. The molecule has 1 N–H and O–H groups in total. The van der Waals surface area contributed by atoms with Crippen molar-refractivity contribution in [2.24, 2.45) is 0 Å². The van der Waals surface area contributed by atoms with Crippen LogP contribution >= 0.6 is 0 Å². The molecule has 3 aromatic carbocycles. The highest BCUT2D eigenvalue weighted by Gasteiger charge is 2.23. The van der Waals surface area contributed by atoms with Crippen molar-refractivity contribution in [1.82, 2.24) is 5.32 Å². The third-order valence-corrected chi connectivity index (χ3v) is 6.23. The van der Waals surface area contributed by atoms with Crippen molar-refractivity contribution in [2.75, 3.05) is 26.4 Å². The van der Waals surface area contributed by atoms with Gasteiger partial charge < -0.3 is 24.3 Å². The average Bonchev–Trinajstić information content (AvgIpc) is 2.90. The first-order valence-electron chi connectivity index (χ1n) is 11.9. The van der Waals surface area contributed by atoms with Gasteiger partial charge >= 0.3 is 0 Å². The highest BCUT2D eigenvalue weighted by molar-refractivity contribution is 5.96. The van der Waals surface area contributed by atoms with Gasteiger partial charge in [-0.05, 0) is 60.2 Å². The van der Waals surface area contributed by atoms with E-state index in [9.17, 15) is 4.79 Å². The van der Waals surface area contributed by atoms with Gasteiger partial charge in [0.2, 0.25) is 0 Å². The van der Waals surface area contributed by atoms with Gasteiger partial charge in [-0.3, -0.25) is 4.79 Å². The Labute approximate surface area is 199 Å². The van der Waals surface area contributed by atoms with Gasteiger partial charge in [0.15, 0.2) is 23.0 Å². The van der Waals surface area contributed by atoms with E-state index in [1.54, 1.807) is 6.07 Å². The van der Waals surface area contributed by atoms with Crippen molar-refractivity contribution >= 4 is 5.91 Å². The topological polar surface area (TPSA) is 66.0 Å². The van der Waals surface area contributed by atoms with E-state index in [0.717, 1.165) is 41.9 Å². The lowest BCUT2D eigenvalue weighted by Crippen LogP contribution is -2.30. The summed E-state index contributed by atoms with van der Waals surface area (Å²) in [6.45, 7) is 4.11. The number of aryl methyl sites for hydroxylation is 2. The molecular formula is C28H29NO5. The normalized spacial score (nSPS) is 14.9. The molecule has 0 aromatic heterocycles. The van der Waals surface area contributed by atoms with E-state index in [4.69, 9.17) is 18.9 Å². The highest BCUT2D eigenvalue weighted by Crippen LogP contribution is 2.36. The summed E-state index contributed by atoms with van der Waals surface area (Å²) in [5.41, 5.74) is 3.77. The third-order valence-electron chi connectivity index (χ3n) is 6.23. The van der Waals surface area contributed by atoms with Crippen LogP contribution in [0.2, 0.25) is 0 Å². The van der Waals surface area contributed by atoms with Crippen LogP contribution in [0.15, 0.2) is 60.7 Å². The minimum absolute atomic E-state index is 0.123. The molecule has 5 rings (SSSR count). The number of ether oxygens (including phenoxy) is 4. The van der Waals surface area contributed by atoms with Crippen molar-refractivity contribution in [1.29, 1.82) is 0 Å². The fourth-order valence-electron chi connectivity index (χ4n) is 4.43. The van der Waals surface area contributed by atoms with E-state index < -0.39 is 0 Å². The van der Waals surface area contributed by atoms with Crippen molar-refractivity contribution in [3.8, 4) is 23.0 Å². The van der Waals surface area contributed by atoms with Crippen LogP contribution in [0.5, 0.6) is 23.0 Å². The maximum Gasteiger partial charge on any atom is 0.252 e. The van der Waals surface area contributed by atoms with Gasteiger partial charge in [-0.2, -0.15) is 0 Å². The van der Waals surface area contributed by atoms with Gasteiger partial charge in [0.05, 0.1) is 6.04 Å². The monoisotopic (exact) mass is 459 g/mol. The molecule has 34 heavy (non-hydrogen) atoms. The Balaban J connectivity index is 1.42. The van der Waals surface area contributed by atoms with Gasteiger partial charge in [-0.1, -0.05) is 43.3 Å². The first-order chi connectivity index (χ1) is 16.7. The van der Waals surface area contributed by atoms with Crippen LogP contribution in [0.4, 0.5) is 0 Å². The Morgan fingerprint density at radius 1 is 0.824 bits per heavy atom. The molecule has 0 spiro atoms. The Morgan fingerprint density at radius 2 is 1.47 bits per heavy atom.